The van der Waals surface area contributed by atoms with Crippen molar-refractivity contribution < 1.29 is 5.11 Å². The van der Waals surface area contributed by atoms with Crippen molar-refractivity contribution in [2.75, 3.05) is 18.9 Å². The first-order valence-corrected chi connectivity index (χ1v) is 8.24. The highest BCUT2D eigenvalue weighted by molar-refractivity contribution is 7.99. The Hall–Kier alpha value is -0.510. The lowest BCUT2D eigenvalue weighted by Gasteiger charge is -2.33. The topological polar surface area (TPSA) is 32.3 Å². The zero-order valence-electron chi connectivity index (χ0n) is 12.0. The molecule has 3 heteroatoms. The third-order valence-corrected chi connectivity index (χ3v) is 5.38. The molecule has 1 aliphatic rings. The van der Waals surface area contributed by atoms with Gasteiger partial charge in [0, 0.05) is 10.6 Å². The predicted octanol–water partition coefficient (Wildman–Crippen LogP) is 3.23. The molecule has 1 fully saturated rings. The zero-order chi connectivity index (χ0) is 13.7. The van der Waals surface area contributed by atoms with Gasteiger partial charge in [-0.25, -0.2) is 0 Å². The van der Waals surface area contributed by atoms with Crippen molar-refractivity contribution in [3.05, 3.63) is 29.8 Å². The van der Waals surface area contributed by atoms with E-state index in [4.69, 9.17) is 0 Å². The summed E-state index contributed by atoms with van der Waals surface area (Å²) in [6.45, 7) is 5.57. The monoisotopic (exact) mass is 279 g/mol. The van der Waals surface area contributed by atoms with E-state index in [1.807, 2.05) is 11.8 Å². The minimum atomic E-state index is -0.0804. The Kier molecular flexibility index (Phi) is 5.31. The maximum atomic E-state index is 9.89. The van der Waals surface area contributed by atoms with Crippen LogP contribution in [-0.4, -0.2) is 29.5 Å². The fourth-order valence-electron chi connectivity index (χ4n) is 2.48. The number of rotatable bonds is 8. The average molecular weight is 279 g/mol. The second kappa shape index (κ2) is 6.78. The molecular formula is C16H25NOS. The first kappa shape index (κ1) is 14.9. The number of benzene rings is 1. The molecule has 1 saturated carbocycles. The van der Waals surface area contributed by atoms with Crippen molar-refractivity contribution in [3.8, 4) is 0 Å². The van der Waals surface area contributed by atoms with Crippen molar-refractivity contribution in [3.63, 3.8) is 0 Å². The van der Waals surface area contributed by atoms with Gasteiger partial charge in [-0.15, -0.1) is 11.8 Å². The molecule has 0 bridgehead atoms. The van der Waals surface area contributed by atoms with Crippen LogP contribution in [-0.2, 0) is 0 Å². The molecule has 1 aliphatic carbocycles. The Balaban J connectivity index is 2.02. The SMILES string of the molecule is CCCNC(CO)(CSc1ccccc1C)C1CC1. The maximum absolute atomic E-state index is 9.89. The number of thioether (sulfide) groups is 1. The maximum Gasteiger partial charge on any atom is 0.0624 e. The molecule has 2 rings (SSSR count). The molecule has 0 saturated heterocycles. The van der Waals surface area contributed by atoms with Crippen molar-refractivity contribution in [1.82, 2.24) is 5.32 Å². The van der Waals surface area contributed by atoms with Crippen molar-refractivity contribution in [2.24, 2.45) is 5.92 Å². The summed E-state index contributed by atoms with van der Waals surface area (Å²) >= 11 is 1.87. The van der Waals surface area contributed by atoms with Gasteiger partial charge < -0.3 is 10.4 Å². The first-order valence-electron chi connectivity index (χ1n) is 7.26. The normalized spacial score (nSPS) is 18.3. The van der Waals surface area contributed by atoms with Crippen molar-refractivity contribution in [1.29, 1.82) is 0 Å². The summed E-state index contributed by atoms with van der Waals surface area (Å²) in [5.41, 5.74) is 1.24. The van der Waals surface area contributed by atoms with Crippen LogP contribution in [0.1, 0.15) is 31.7 Å². The Bertz CT molecular complexity index is 405. The van der Waals surface area contributed by atoms with Gasteiger partial charge in [0.05, 0.1) is 12.1 Å². The van der Waals surface area contributed by atoms with E-state index >= 15 is 0 Å². The minimum absolute atomic E-state index is 0.0804. The quantitative estimate of drug-likeness (QED) is 0.717. The van der Waals surface area contributed by atoms with E-state index in [2.05, 4.69) is 43.4 Å². The summed E-state index contributed by atoms with van der Waals surface area (Å²) in [7, 11) is 0. The molecule has 1 unspecified atom stereocenters. The van der Waals surface area contributed by atoms with Crippen LogP contribution in [0.3, 0.4) is 0 Å². The van der Waals surface area contributed by atoms with E-state index in [1.54, 1.807) is 0 Å². The Morgan fingerprint density at radius 2 is 2.11 bits per heavy atom. The molecule has 2 N–H and O–H groups in total. The second-order valence-electron chi connectivity index (χ2n) is 5.57. The molecule has 0 spiro atoms. The third kappa shape index (κ3) is 3.74. The third-order valence-electron chi connectivity index (χ3n) is 3.95. The lowest BCUT2D eigenvalue weighted by Crippen LogP contribution is -2.53. The van der Waals surface area contributed by atoms with Gasteiger partial charge in [-0.05, 0) is 50.3 Å². The first-order chi connectivity index (χ1) is 9.22. The van der Waals surface area contributed by atoms with Gasteiger partial charge in [0.1, 0.15) is 0 Å². The number of hydrogen-bond donors (Lipinski definition) is 2. The highest BCUT2D eigenvalue weighted by atomic mass is 32.2. The van der Waals surface area contributed by atoms with Crippen LogP contribution < -0.4 is 5.32 Å². The van der Waals surface area contributed by atoms with Gasteiger partial charge >= 0.3 is 0 Å². The highest BCUT2D eigenvalue weighted by Crippen LogP contribution is 2.42. The molecule has 0 aliphatic heterocycles. The molecule has 0 amide bonds. The summed E-state index contributed by atoms with van der Waals surface area (Å²) in [5, 5.41) is 13.5. The largest absolute Gasteiger partial charge is 0.394 e. The number of nitrogens with one attached hydrogen (secondary N) is 1. The Morgan fingerprint density at radius 3 is 2.68 bits per heavy atom. The van der Waals surface area contributed by atoms with Crippen molar-refractivity contribution in [2.45, 2.75) is 43.5 Å². The molecule has 0 radical (unpaired) electrons. The molecule has 1 atom stereocenters. The molecule has 1 aromatic rings. The Labute approximate surface area is 121 Å². The van der Waals surface area contributed by atoms with E-state index < -0.39 is 0 Å². The molecular weight excluding hydrogens is 254 g/mol. The predicted molar refractivity (Wildman–Crippen MR) is 82.7 cm³/mol. The summed E-state index contributed by atoms with van der Waals surface area (Å²) in [5.74, 6) is 1.61. The second-order valence-corrected chi connectivity index (χ2v) is 6.59. The number of aryl methyl sites for hydroxylation is 1. The number of hydrogen-bond acceptors (Lipinski definition) is 3. The summed E-state index contributed by atoms with van der Waals surface area (Å²) in [4.78, 5) is 1.33. The fraction of sp³-hybridized carbons (Fsp3) is 0.625. The van der Waals surface area contributed by atoms with Gasteiger partial charge in [-0.3, -0.25) is 0 Å². The van der Waals surface area contributed by atoms with Gasteiger partial charge in [-0.2, -0.15) is 0 Å². The fourth-order valence-corrected chi connectivity index (χ4v) is 3.79. The standard InChI is InChI=1S/C16H25NOS/c1-3-10-17-16(11-18,14-8-9-14)12-19-15-7-5-4-6-13(15)2/h4-7,14,17-18H,3,8-12H2,1-2H3. The van der Waals surface area contributed by atoms with E-state index in [9.17, 15) is 5.11 Å². The van der Waals surface area contributed by atoms with Crippen molar-refractivity contribution >= 4 is 11.8 Å². The van der Waals surface area contributed by atoms with Crippen LogP contribution >= 0.6 is 11.8 Å². The number of aliphatic hydroxyl groups excluding tert-OH is 1. The lowest BCUT2D eigenvalue weighted by molar-refractivity contribution is 0.159. The molecule has 0 heterocycles. The smallest absolute Gasteiger partial charge is 0.0624 e. The molecule has 106 valence electrons. The van der Waals surface area contributed by atoms with Crippen LogP contribution in [0.4, 0.5) is 0 Å². The Morgan fingerprint density at radius 1 is 1.37 bits per heavy atom. The average Bonchev–Trinajstić information content (AvgIpc) is 3.26. The molecule has 0 aromatic heterocycles. The van der Waals surface area contributed by atoms with Crippen LogP contribution in [0.5, 0.6) is 0 Å². The number of aliphatic hydroxyl groups is 1. The van der Waals surface area contributed by atoms with E-state index in [1.165, 1.54) is 23.3 Å². The van der Waals surface area contributed by atoms with Crippen LogP contribution in [0.2, 0.25) is 0 Å². The van der Waals surface area contributed by atoms with Gasteiger partial charge in [0.15, 0.2) is 0 Å². The van der Waals surface area contributed by atoms with Crippen LogP contribution in [0.15, 0.2) is 29.2 Å². The van der Waals surface area contributed by atoms with E-state index in [0.29, 0.717) is 5.92 Å². The summed E-state index contributed by atoms with van der Waals surface area (Å²) in [6, 6.07) is 8.50. The van der Waals surface area contributed by atoms with Gasteiger partial charge in [0.2, 0.25) is 0 Å². The van der Waals surface area contributed by atoms with Crippen LogP contribution in [0.25, 0.3) is 0 Å². The highest BCUT2D eigenvalue weighted by Gasteiger charge is 2.44. The summed E-state index contributed by atoms with van der Waals surface area (Å²) in [6.07, 6.45) is 3.63. The summed E-state index contributed by atoms with van der Waals surface area (Å²) < 4.78 is 0. The molecule has 2 nitrogen and oxygen atoms in total. The van der Waals surface area contributed by atoms with Gasteiger partial charge in [-0.1, -0.05) is 25.1 Å². The lowest BCUT2D eigenvalue weighted by atomic mass is 9.96. The molecule has 19 heavy (non-hydrogen) atoms. The molecule has 1 aromatic carbocycles. The van der Waals surface area contributed by atoms with E-state index in [-0.39, 0.29) is 12.1 Å². The van der Waals surface area contributed by atoms with Gasteiger partial charge in [0.25, 0.3) is 0 Å². The zero-order valence-corrected chi connectivity index (χ0v) is 12.8. The minimum Gasteiger partial charge on any atom is -0.394 e. The van der Waals surface area contributed by atoms with E-state index in [0.717, 1.165) is 18.7 Å². The van der Waals surface area contributed by atoms with Crippen LogP contribution in [0, 0.1) is 12.8 Å².